The molecule has 0 bridgehead atoms. The van der Waals surface area contributed by atoms with Crippen LogP contribution in [0.5, 0.6) is 0 Å². The van der Waals surface area contributed by atoms with Crippen LogP contribution in [-0.4, -0.2) is 35.2 Å². The molecular weight excluding hydrogens is 421 g/mol. The van der Waals surface area contributed by atoms with Gasteiger partial charge in [0.1, 0.15) is 5.82 Å². The number of aryl methyl sites for hydroxylation is 2. The summed E-state index contributed by atoms with van der Waals surface area (Å²) in [7, 11) is -0.439. The monoisotopic (exact) mass is 441 g/mol. The van der Waals surface area contributed by atoms with Crippen molar-refractivity contribution < 1.29 is 12.8 Å². The minimum Gasteiger partial charge on any atom is -0.327 e. The number of nitrogens with two attached hydrogens (primary N) is 1. The Morgan fingerprint density at radius 1 is 1.19 bits per heavy atom. The maximum absolute atomic E-state index is 15.0. The van der Waals surface area contributed by atoms with Gasteiger partial charge in [-0.15, -0.1) is 0 Å². The van der Waals surface area contributed by atoms with Gasteiger partial charge in [0.25, 0.3) is 0 Å². The van der Waals surface area contributed by atoms with Crippen molar-refractivity contribution in [1.82, 2.24) is 19.7 Å². The molecule has 9 nitrogen and oxygen atoms in total. The molecule has 4 aromatic rings. The molecule has 0 saturated heterocycles. The van der Waals surface area contributed by atoms with Gasteiger partial charge in [0.05, 0.1) is 21.5 Å². The summed E-state index contributed by atoms with van der Waals surface area (Å²) in [6.45, 7) is 1.66. The number of rotatable bonds is 5. The normalized spacial score (nSPS) is 11.6. The van der Waals surface area contributed by atoms with Gasteiger partial charge in [-0.2, -0.15) is 10.1 Å². The van der Waals surface area contributed by atoms with Crippen molar-refractivity contribution in [1.29, 1.82) is 0 Å². The van der Waals surface area contributed by atoms with Crippen LogP contribution in [-0.2, 0) is 17.1 Å². The molecule has 0 aliphatic heterocycles. The Balaban J connectivity index is 1.65. The first-order valence-electron chi connectivity index (χ1n) is 9.22. The topological polar surface area (TPSA) is 119 Å². The zero-order chi connectivity index (χ0) is 22.3. The van der Waals surface area contributed by atoms with E-state index in [9.17, 15) is 8.42 Å². The molecule has 0 aliphatic carbocycles. The highest BCUT2D eigenvalue weighted by Gasteiger charge is 2.17. The average Bonchev–Trinajstić information content (AvgIpc) is 3.10. The van der Waals surface area contributed by atoms with Crippen molar-refractivity contribution in [3.8, 4) is 0 Å². The summed E-state index contributed by atoms with van der Waals surface area (Å²) in [6, 6.07) is 9.77. The number of sulfonamides is 1. The molecule has 0 aliphatic rings. The van der Waals surface area contributed by atoms with Crippen molar-refractivity contribution in [2.45, 2.75) is 11.8 Å². The van der Waals surface area contributed by atoms with E-state index in [2.05, 4.69) is 20.4 Å². The van der Waals surface area contributed by atoms with Crippen molar-refractivity contribution in [3.63, 3.8) is 0 Å². The van der Waals surface area contributed by atoms with Gasteiger partial charge < -0.3 is 10.2 Å². The largest absolute Gasteiger partial charge is 0.327 e. The summed E-state index contributed by atoms with van der Waals surface area (Å²) in [4.78, 5) is 10.2. The van der Waals surface area contributed by atoms with E-state index in [-0.39, 0.29) is 10.8 Å². The highest BCUT2D eigenvalue weighted by atomic mass is 32.2. The van der Waals surface area contributed by atoms with Crippen LogP contribution < -0.4 is 15.4 Å². The number of benzene rings is 2. The first kappa shape index (κ1) is 20.7. The van der Waals surface area contributed by atoms with Crippen molar-refractivity contribution in [3.05, 3.63) is 60.2 Å². The lowest BCUT2D eigenvalue weighted by Crippen LogP contribution is -2.15. The van der Waals surface area contributed by atoms with E-state index in [0.29, 0.717) is 33.7 Å². The Labute approximate surface area is 178 Å². The fraction of sp³-hybridized carbons (Fsp3) is 0.150. The molecule has 31 heavy (non-hydrogen) atoms. The smallest absolute Gasteiger partial charge is 0.238 e. The van der Waals surface area contributed by atoms with E-state index in [1.165, 1.54) is 12.3 Å². The fourth-order valence-corrected chi connectivity index (χ4v) is 4.07. The molecule has 0 unspecified atom stereocenters. The lowest BCUT2D eigenvalue weighted by molar-refractivity contribution is 0.597. The number of nitrogens with zero attached hydrogens (tertiary/aromatic N) is 5. The molecule has 2 heterocycles. The highest BCUT2D eigenvalue weighted by Crippen LogP contribution is 2.30. The minimum atomic E-state index is -3.86. The van der Waals surface area contributed by atoms with Crippen LogP contribution in [0.4, 0.5) is 27.5 Å². The first-order chi connectivity index (χ1) is 14.6. The number of anilines is 4. The predicted molar refractivity (Wildman–Crippen MR) is 117 cm³/mol. The van der Waals surface area contributed by atoms with E-state index in [1.54, 1.807) is 67.1 Å². The highest BCUT2D eigenvalue weighted by molar-refractivity contribution is 7.89. The summed E-state index contributed by atoms with van der Waals surface area (Å²) >= 11 is 0. The zero-order valence-electron chi connectivity index (χ0n) is 17.0. The molecule has 4 rings (SSSR count). The lowest BCUT2D eigenvalue weighted by atomic mass is 10.2. The molecule has 11 heteroatoms. The van der Waals surface area contributed by atoms with Crippen LogP contribution in [0.15, 0.2) is 53.7 Å². The maximum atomic E-state index is 15.0. The van der Waals surface area contributed by atoms with E-state index in [4.69, 9.17) is 5.14 Å². The molecular formula is C20H20FN7O2S. The lowest BCUT2D eigenvalue weighted by Gasteiger charge is -2.19. The van der Waals surface area contributed by atoms with Crippen LogP contribution in [0, 0.1) is 12.7 Å². The van der Waals surface area contributed by atoms with Crippen LogP contribution >= 0.6 is 0 Å². The number of hydrogen-bond acceptors (Lipinski definition) is 7. The molecule has 0 spiro atoms. The Morgan fingerprint density at radius 3 is 2.71 bits per heavy atom. The second kappa shape index (κ2) is 7.60. The third kappa shape index (κ3) is 4.05. The number of nitrogens with one attached hydrogen (secondary N) is 1. The van der Waals surface area contributed by atoms with Crippen molar-refractivity contribution in [2.75, 3.05) is 17.3 Å². The van der Waals surface area contributed by atoms with E-state index in [0.717, 1.165) is 0 Å². The van der Waals surface area contributed by atoms with Crippen LogP contribution in [0.25, 0.3) is 10.9 Å². The van der Waals surface area contributed by atoms with Crippen LogP contribution in [0.2, 0.25) is 0 Å². The van der Waals surface area contributed by atoms with Gasteiger partial charge in [0.2, 0.25) is 16.0 Å². The number of aromatic nitrogens is 4. The maximum Gasteiger partial charge on any atom is 0.238 e. The third-order valence-corrected chi connectivity index (χ3v) is 5.87. The first-order valence-corrected chi connectivity index (χ1v) is 10.8. The standard InChI is InChI=1S/C20H20FN7O2S/c1-12-4-5-13(10-17(12)31(22,29)30)24-20-23-9-8-18(25-20)28(3)16-7-6-15-14(19(16)21)11-27(2)26-15/h4-11H,1-3H3,(H2,22,29,30)(H,23,24,25). The molecule has 0 fully saturated rings. The minimum absolute atomic E-state index is 0.0117. The Hall–Kier alpha value is -3.57. The molecule has 0 atom stereocenters. The van der Waals surface area contributed by atoms with Gasteiger partial charge >= 0.3 is 0 Å². The molecule has 160 valence electrons. The Bertz CT molecular complexity index is 1400. The predicted octanol–water partition coefficient (Wildman–Crippen LogP) is 2.97. The fourth-order valence-electron chi connectivity index (χ4n) is 3.26. The van der Waals surface area contributed by atoms with Gasteiger partial charge in [-0.1, -0.05) is 6.07 Å². The van der Waals surface area contributed by atoms with Crippen molar-refractivity contribution >= 4 is 44.1 Å². The third-order valence-electron chi connectivity index (χ3n) is 4.81. The summed E-state index contributed by atoms with van der Waals surface area (Å²) in [5.41, 5.74) is 1.88. The van der Waals surface area contributed by atoms with Crippen molar-refractivity contribution in [2.24, 2.45) is 12.2 Å². The van der Waals surface area contributed by atoms with E-state index in [1.807, 2.05) is 0 Å². The second-order valence-electron chi connectivity index (χ2n) is 7.08. The number of fused-ring (bicyclic) bond motifs is 1. The molecule has 0 saturated carbocycles. The van der Waals surface area contributed by atoms with Gasteiger partial charge in [-0.25, -0.2) is 22.9 Å². The number of primary sulfonamides is 1. The Morgan fingerprint density at radius 2 is 1.97 bits per heavy atom. The number of hydrogen-bond donors (Lipinski definition) is 2. The van der Waals surface area contributed by atoms with Crippen LogP contribution in [0.3, 0.4) is 0 Å². The molecule has 2 aromatic carbocycles. The average molecular weight is 441 g/mol. The Kier molecular flexibility index (Phi) is 5.07. The van der Waals surface area contributed by atoms with Gasteiger partial charge in [0, 0.05) is 32.2 Å². The summed E-state index contributed by atoms with van der Waals surface area (Å²) in [5, 5.41) is 12.9. The molecule has 0 amide bonds. The summed E-state index contributed by atoms with van der Waals surface area (Å²) < 4.78 is 40.1. The van der Waals surface area contributed by atoms with Gasteiger partial charge in [-0.05, 0) is 42.8 Å². The van der Waals surface area contributed by atoms with Crippen LogP contribution in [0.1, 0.15) is 5.56 Å². The van der Waals surface area contributed by atoms with E-state index >= 15 is 4.39 Å². The summed E-state index contributed by atoms with van der Waals surface area (Å²) in [6.07, 6.45) is 3.14. The molecule has 3 N–H and O–H groups in total. The quantitative estimate of drug-likeness (QED) is 0.489. The zero-order valence-corrected chi connectivity index (χ0v) is 17.9. The molecule has 2 aromatic heterocycles. The second-order valence-corrected chi connectivity index (χ2v) is 8.61. The summed E-state index contributed by atoms with van der Waals surface area (Å²) in [5.74, 6) is 0.257. The van der Waals surface area contributed by atoms with Gasteiger partial charge in [-0.3, -0.25) is 4.68 Å². The molecule has 0 radical (unpaired) electrons. The van der Waals surface area contributed by atoms with E-state index < -0.39 is 15.8 Å². The number of halogens is 1. The van der Waals surface area contributed by atoms with Gasteiger partial charge in [0.15, 0.2) is 5.82 Å². The SMILES string of the molecule is Cc1ccc(Nc2nccc(N(C)c3ccc4nn(C)cc4c3F)n2)cc1S(N)(=O)=O.